The largest absolute Gasteiger partial charge is 0.105 e. The number of aryl methyl sites for hydroxylation is 2. The molecule has 0 heterocycles. The first-order valence-corrected chi connectivity index (χ1v) is 4.96. The zero-order valence-electron chi connectivity index (χ0n) is 8.31. The summed E-state index contributed by atoms with van der Waals surface area (Å²) in [6, 6.07) is 4.51. The van der Waals surface area contributed by atoms with Crippen LogP contribution in [-0.2, 0) is 0 Å². The SMILES string of the molecule is Cc1cc(C)c(P)c(C(C)C)c1. The van der Waals surface area contributed by atoms with E-state index in [0.29, 0.717) is 5.92 Å². The molecule has 1 heteroatoms. The molecule has 0 aliphatic heterocycles. The monoisotopic (exact) mass is 180 g/mol. The Kier molecular flexibility index (Phi) is 2.90. The van der Waals surface area contributed by atoms with Crippen LogP contribution in [0, 0.1) is 13.8 Å². The minimum atomic E-state index is 0.621. The Labute approximate surface area is 77.6 Å². The van der Waals surface area contributed by atoms with Gasteiger partial charge in [0.1, 0.15) is 0 Å². The van der Waals surface area contributed by atoms with Crippen molar-refractivity contribution in [1.29, 1.82) is 0 Å². The van der Waals surface area contributed by atoms with Gasteiger partial charge in [-0.1, -0.05) is 31.5 Å². The van der Waals surface area contributed by atoms with E-state index in [4.69, 9.17) is 0 Å². The van der Waals surface area contributed by atoms with Crippen LogP contribution in [0.2, 0.25) is 0 Å². The molecule has 1 rings (SSSR count). The summed E-state index contributed by atoms with van der Waals surface area (Å²) in [5, 5.41) is 1.37. The van der Waals surface area contributed by atoms with Gasteiger partial charge in [-0.25, -0.2) is 0 Å². The molecule has 0 amide bonds. The van der Waals surface area contributed by atoms with E-state index in [1.165, 1.54) is 22.0 Å². The Bertz CT molecular complexity index is 287. The predicted octanol–water partition coefficient (Wildman–Crippen LogP) is 2.93. The highest BCUT2D eigenvalue weighted by atomic mass is 31.0. The van der Waals surface area contributed by atoms with Crippen molar-refractivity contribution in [3.63, 3.8) is 0 Å². The van der Waals surface area contributed by atoms with Crippen LogP contribution in [0.15, 0.2) is 12.1 Å². The molecule has 12 heavy (non-hydrogen) atoms. The summed E-state index contributed by atoms with van der Waals surface area (Å²) in [6.07, 6.45) is 0. The minimum absolute atomic E-state index is 0.621. The Morgan fingerprint density at radius 1 is 1.17 bits per heavy atom. The zero-order chi connectivity index (χ0) is 9.30. The van der Waals surface area contributed by atoms with Gasteiger partial charge in [0.15, 0.2) is 0 Å². The first-order valence-electron chi connectivity index (χ1n) is 4.39. The number of benzene rings is 1. The van der Waals surface area contributed by atoms with Crippen molar-refractivity contribution < 1.29 is 0 Å². The van der Waals surface area contributed by atoms with Gasteiger partial charge in [-0.3, -0.25) is 0 Å². The molecule has 0 N–H and O–H groups in total. The van der Waals surface area contributed by atoms with E-state index in [9.17, 15) is 0 Å². The first kappa shape index (κ1) is 9.74. The third-order valence-corrected chi connectivity index (χ3v) is 2.97. The van der Waals surface area contributed by atoms with Crippen molar-refractivity contribution >= 4 is 14.5 Å². The third kappa shape index (κ3) is 1.87. The van der Waals surface area contributed by atoms with Crippen LogP contribution in [0.25, 0.3) is 0 Å². The molecule has 0 spiro atoms. The van der Waals surface area contributed by atoms with Crippen LogP contribution in [0.1, 0.15) is 36.5 Å². The Hall–Kier alpha value is -0.350. The third-order valence-electron chi connectivity index (χ3n) is 2.19. The molecule has 0 nitrogen and oxygen atoms in total. The zero-order valence-corrected chi connectivity index (χ0v) is 9.46. The standard InChI is InChI=1S/C11H17P/c1-7(2)10-6-8(3)5-9(4)11(10)12/h5-7H,12H2,1-4H3. The molecule has 0 aliphatic rings. The molecule has 0 bridgehead atoms. The van der Waals surface area contributed by atoms with E-state index in [0.717, 1.165) is 0 Å². The summed E-state index contributed by atoms with van der Waals surface area (Å²) >= 11 is 0. The summed E-state index contributed by atoms with van der Waals surface area (Å²) in [6.45, 7) is 8.80. The van der Waals surface area contributed by atoms with Gasteiger partial charge in [-0.15, -0.1) is 9.24 Å². The highest BCUT2D eigenvalue weighted by Gasteiger charge is 2.05. The van der Waals surface area contributed by atoms with Gasteiger partial charge in [0.2, 0.25) is 0 Å². The number of rotatable bonds is 1. The lowest BCUT2D eigenvalue weighted by Gasteiger charge is -2.12. The average molecular weight is 180 g/mol. The van der Waals surface area contributed by atoms with Gasteiger partial charge in [0.05, 0.1) is 0 Å². The van der Waals surface area contributed by atoms with Gasteiger partial charge in [-0.2, -0.15) is 0 Å². The minimum Gasteiger partial charge on any atom is -0.105 e. The van der Waals surface area contributed by atoms with Gasteiger partial charge < -0.3 is 0 Å². The van der Waals surface area contributed by atoms with E-state index >= 15 is 0 Å². The predicted molar refractivity (Wildman–Crippen MR) is 59.3 cm³/mol. The maximum absolute atomic E-state index is 2.84. The average Bonchev–Trinajstić information content (AvgIpc) is 1.96. The van der Waals surface area contributed by atoms with Crippen molar-refractivity contribution in [2.45, 2.75) is 33.6 Å². The molecular weight excluding hydrogens is 163 g/mol. The molecule has 1 atom stereocenters. The first-order chi connectivity index (χ1) is 5.52. The van der Waals surface area contributed by atoms with Crippen molar-refractivity contribution in [2.75, 3.05) is 0 Å². The molecule has 0 radical (unpaired) electrons. The molecule has 1 unspecified atom stereocenters. The van der Waals surface area contributed by atoms with Gasteiger partial charge in [-0.05, 0) is 36.2 Å². The van der Waals surface area contributed by atoms with E-state index in [-0.39, 0.29) is 0 Å². The maximum Gasteiger partial charge on any atom is -0.0212 e. The molecule has 66 valence electrons. The summed E-state index contributed by atoms with van der Waals surface area (Å²) in [5.74, 6) is 0.621. The second kappa shape index (κ2) is 3.58. The van der Waals surface area contributed by atoms with Crippen LogP contribution >= 0.6 is 9.24 Å². The lowest BCUT2D eigenvalue weighted by molar-refractivity contribution is 0.871. The molecular formula is C11H17P. The topological polar surface area (TPSA) is 0 Å². The highest BCUT2D eigenvalue weighted by molar-refractivity contribution is 7.27. The van der Waals surface area contributed by atoms with Gasteiger partial charge in [0, 0.05) is 0 Å². The quantitative estimate of drug-likeness (QED) is 0.583. The molecule has 0 aliphatic carbocycles. The molecule has 0 saturated carbocycles. The van der Waals surface area contributed by atoms with Gasteiger partial charge >= 0.3 is 0 Å². The fourth-order valence-corrected chi connectivity index (χ4v) is 1.99. The fraction of sp³-hybridized carbons (Fsp3) is 0.455. The molecule has 0 fully saturated rings. The van der Waals surface area contributed by atoms with Crippen molar-refractivity contribution in [3.05, 3.63) is 28.8 Å². The highest BCUT2D eigenvalue weighted by Crippen LogP contribution is 2.17. The van der Waals surface area contributed by atoms with Crippen LogP contribution < -0.4 is 5.30 Å². The normalized spacial score (nSPS) is 10.8. The molecule has 1 aromatic rings. The smallest absolute Gasteiger partial charge is 0.0212 e. The number of hydrogen-bond acceptors (Lipinski definition) is 0. The summed E-state index contributed by atoms with van der Waals surface area (Å²) in [4.78, 5) is 0. The van der Waals surface area contributed by atoms with E-state index < -0.39 is 0 Å². The maximum atomic E-state index is 2.84. The Balaban J connectivity index is 3.28. The lowest BCUT2D eigenvalue weighted by atomic mass is 9.98. The summed E-state index contributed by atoms with van der Waals surface area (Å²) in [7, 11) is 2.84. The lowest BCUT2D eigenvalue weighted by Crippen LogP contribution is -2.07. The van der Waals surface area contributed by atoms with Crippen molar-refractivity contribution in [2.24, 2.45) is 0 Å². The molecule has 0 saturated heterocycles. The summed E-state index contributed by atoms with van der Waals surface area (Å²) < 4.78 is 0. The second-order valence-corrected chi connectivity index (χ2v) is 4.32. The van der Waals surface area contributed by atoms with Crippen molar-refractivity contribution in [3.8, 4) is 0 Å². The van der Waals surface area contributed by atoms with Crippen LogP contribution in [0.5, 0.6) is 0 Å². The van der Waals surface area contributed by atoms with Crippen molar-refractivity contribution in [1.82, 2.24) is 0 Å². The van der Waals surface area contributed by atoms with E-state index in [1.54, 1.807) is 0 Å². The molecule has 1 aromatic carbocycles. The van der Waals surface area contributed by atoms with Crippen LogP contribution in [0.3, 0.4) is 0 Å². The van der Waals surface area contributed by atoms with Gasteiger partial charge in [0.25, 0.3) is 0 Å². The number of hydrogen-bond donors (Lipinski definition) is 0. The molecule has 0 aromatic heterocycles. The van der Waals surface area contributed by atoms with Crippen LogP contribution in [-0.4, -0.2) is 0 Å². The van der Waals surface area contributed by atoms with E-state index in [2.05, 4.69) is 49.1 Å². The second-order valence-electron chi connectivity index (χ2n) is 3.74. The van der Waals surface area contributed by atoms with Crippen LogP contribution in [0.4, 0.5) is 0 Å². The van der Waals surface area contributed by atoms with E-state index in [1.807, 2.05) is 0 Å². The Morgan fingerprint density at radius 2 is 1.75 bits per heavy atom. The Morgan fingerprint density at radius 3 is 2.25 bits per heavy atom. The fourth-order valence-electron chi connectivity index (χ4n) is 1.49. The summed E-state index contributed by atoms with van der Waals surface area (Å²) in [5.41, 5.74) is 4.20.